The SMILES string of the molecule is Cc1ccc(/C=C/C(=O)N/N=C\c2ccc(Br)cc2)cc1. The summed E-state index contributed by atoms with van der Waals surface area (Å²) in [4.78, 5) is 11.6. The number of hydrazone groups is 1. The number of hydrogen-bond acceptors (Lipinski definition) is 2. The first-order chi connectivity index (χ1) is 10.1. The second kappa shape index (κ2) is 7.55. The van der Waals surface area contributed by atoms with Crippen LogP contribution < -0.4 is 5.43 Å². The standard InChI is InChI=1S/C17H15BrN2O/c1-13-2-4-14(5-3-13)8-11-17(21)20-19-12-15-6-9-16(18)10-7-15/h2-12H,1H3,(H,20,21)/b11-8+,19-12-. The number of nitrogens with zero attached hydrogens (tertiary/aromatic N) is 1. The molecule has 0 fully saturated rings. The molecule has 1 N–H and O–H groups in total. The summed E-state index contributed by atoms with van der Waals surface area (Å²) in [5.41, 5.74) is 5.55. The van der Waals surface area contributed by atoms with Crippen LogP contribution in [-0.2, 0) is 4.79 Å². The molecule has 3 nitrogen and oxygen atoms in total. The van der Waals surface area contributed by atoms with E-state index in [0.717, 1.165) is 15.6 Å². The molecule has 0 aromatic heterocycles. The van der Waals surface area contributed by atoms with Crippen LogP contribution in [0.4, 0.5) is 0 Å². The van der Waals surface area contributed by atoms with Crippen molar-refractivity contribution in [1.29, 1.82) is 0 Å². The van der Waals surface area contributed by atoms with Gasteiger partial charge < -0.3 is 0 Å². The molecule has 2 aromatic rings. The fraction of sp³-hybridized carbons (Fsp3) is 0.0588. The largest absolute Gasteiger partial charge is 0.268 e. The highest BCUT2D eigenvalue weighted by Gasteiger charge is 1.93. The second-order valence-corrected chi connectivity index (χ2v) is 5.45. The molecule has 0 aliphatic rings. The Morgan fingerprint density at radius 3 is 2.33 bits per heavy atom. The molecule has 0 aliphatic carbocycles. The van der Waals surface area contributed by atoms with Gasteiger partial charge in [-0.2, -0.15) is 5.10 Å². The van der Waals surface area contributed by atoms with Gasteiger partial charge in [0.1, 0.15) is 0 Å². The van der Waals surface area contributed by atoms with Gasteiger partial charge in [0.05, 0.1) is 6.21 Å². The summed E-state index contributed by atoms with van der Waals surface area (Å²) in [6.07, 6.45) is 4.82. The maximum absolute atomic E-state index is 11.6. The molecule has 21 heavy (non-hydrogen) atoms. The number of benzene rings is 2. The molecular weight excluding hydrogens is 328 g/mol. The third kappa shape index (κ3) is 5.36. The Bertz CT molecular complexity index is 658. The van der Waals surface area contributed by atoms with Crippen molar-refractivity contribution in [3.8, 4) is 0 Å². The number of carbonyl (C=O) groups excluding carboxylic acids is 1. The Morgan fingerprint density at radius 1 is 1.05 bits per heavy atom. The van der Waals surface area contributed by atoms with E-state index in [2.05, 4.69) is 26.5 Å². The normalized spacial score (nSPS) is 11.1. The Hall–Kier alpha value is -2.20. The molecule has 2 rings (SSSR count). The van der Waals surface area contributed by atoms with E-state index in [4.69, 9.17) is 0 Å². The molecule has 0 unspecified atom stereocenters. The number of rotatable bonds is 4. The lowest BCUT2D eigenvalue weighted by atomic mass is 10.1. The lowest BCUT2D eigenvalue weighted by Crippen LogP contribution is -2.14. The van der Waals surface area contributed by atoms with Crippen LogP contribution in [0.1, 0.15) is 16.7 Å². The van der Waals surface area contributed by atoms with Crippen LogP contribution in [0.3, 0.4) is 0 Å². The van der Waals surface area contributed by atoms with Crippen molar-refractivity contribution in [1.82, 2.24) is 5.43 Å². The van der Waals surface area contributed by atoms with E-state index in [1.54, 1.807) is 12.3 Å². The number of nitrogens with one attached hydrogen (secondary N) is 1. The Balaban J connectivity index is 1.87. The highest BCUT2D eigenvalue weighted by Crippen LogP contribution is 2.09. The summed E-state index contributed by atoms with van der Waals surface area (Å²) in [7, 11) is 0. The van der Waals surface area contributed by atoms with E-state index in [1.807, 2.05) is 55.5 Å². The molecule has 4 heteroatoms. The zero-order valence-corrected chi connectivity index (χ0v) is 13.2. The minimum Gasteiger partial charge on any atom is -0.268 e. The molecule has 0 atom stereocenters. The molecular formula is C17H15BrN2O. The zero-order chi connectivity index (χ0) is 15.1. The van der Waals surface area contributed by atoms with Gasteiger partial charge in [-0.3, -0.25) is 4.79 Å². The van der Waals surface area contributed by atoms with Gasteiger partial charge in [-0.25, -0.2) is 5.43 Å². The molecule has 0 saturated carbocycles. The first-order valence-electron chi connectivity index (χ1n) is 6.47. The summed E-state index contributed by atoms with van der Waals surface area (Å²) >= 11 is 3.36. The van der Waals surface area contributed by atoms with Crippen molar-refractivity contribution < 1.29 is 4.79 Å². The van der Waals surface area contributed by atoms with Gasteiger partial charge in [0.15, 0.2) is 0 Å². The summed E-state index contributed by atoms with van der Waals surface area (Å²) in [6.45, 7) is 2.02. The number of amides is 1. The van der Waals surface area contributed by atoms with Gasteiger partial charge in [0, 0.05) is 10.5 Å². The quantitative estimate of drug-likeness (QED) is 0.510. The van der Waals surface area contributed by atoms with Crippen LogP contribution in [0.5, 0.6) is 0 Å². The van der Waals surface area contributed by atoms with E-state index in [9.17, 15) is 4.79 Å². The molecule has 0 aliphatic heterocycles. The van der Waals surface area contributed by atoms with Crippen molar-refractivity contribution in [2.24, 2.45) is 5.10 Å². The Kier molecular flexibility index (Phi) is 5.46. The maximum atomic E-state index is 11.6. The van der Waals surface area contributed by atoms with Gasteiger partial charge in [0.25, 0.3) is 5.91 Å². The third-order valence-electron chi connectivity index (χ3n) is 2.76. The molecule has 0 saturated heterocycles. The molecule has 0 spiro atoms. The van der Waals surface area contributed by atoms with Crippen LogP contribution in [-0.4, -0.2) is 12.1 Å². The minimum atomic E-state index is -0.260. The topological polar surface area (TPSA) is 41.5 Å². The average molecular weight is 343 g/mol. The van der Waals surface area contributed by atoms with E-state index in [0.29, 0.717) is 0 Å². The first kappa shape index (κ1) is 15.2. The predicted molar refractivity (Wildman–Crippen MR) is 90.1 cm³/mol. The highest BCUT2D eigenvalue weighted by molar-refractivity contribution is 9.10. The highest BCUT2D eigenvalue weighted by atomic mass is 79.9. The van der Waals surface area contributed by atoms with E-state index in [-0.39, 0.29) is 5.91 Å². The van der Waals surface area contributed by atoms with Crippen molar-refractivity contribution in [3.63, 3.8) is 0 Å². The van der Waals surface area contributed by atoms with Crippen LogP contribution in [0.25, 0.3) is 6.08 Å². The first-order valence-corrected chi connectivity index (χ1v) is 7.26. The van der Waals surface area contributed by atoms with Crippen molar-refractivity contribution in [2.75, 3.05) is 0 Å². The van der Waals surface area contributed by atoms with Crippen LogP contribution in [0.15, 0.2) is 64.2 Å². The number of aryl methyl sites for hydroxylation is 1. The van der Waals surface area contributed by atoms with Gasteiger partial charge in [-0.1, -0.05) is 57.9 Å². The summed E-state index contributed by atoms with van der Waals surface area (Å²) in [5.74, 6) is -0.260. The van der Waals surface area contributed by atoms with Crippen molar-refractivity contribution >= 4 is 34.1 Å². The Labute approximate surface area is 132 Å². The zero-order valence-electron chi connectivity index (χ0n) is 11.6. The van der Waals surface area contributed by atoms with Crippen molar-refractivity contribution in [2.45, 2.75) is 6.92 Å². The van der Waals surface area contributed by atoms with Crippen molar-refractivity contribution in [3.05, 3.63) is 75.8 Å². The summed E-state index contributed by atoms with van der Waals surface area (Å²) < 4.78 is 1.00. The molecule has 2 aromatic carbocycles. The van der Waals surface area contributed by atoms with Crippen LogP contribution >= 0.6 is 15.9 Å². The van der Waals surface area contributed by atoms with Crippen LogP contribution in [0.2, 0.25) is 0 Å². The molecule has 0 heterocycles. The smallest absolute Gasteiger partial charge is 0.264 e. The van der Waals surface area contributed by atoms with E-state index in [1.165, 1.54) is 11.6 Å². The number of hydrogen-bond donors (Lipinski definition) is 1. The van der Waals surface area contributed by atoms with E-state index >= 15 is 0 Å². The van der Waals surface area contributed by atoms with E-state index < -0.39 is 0 Å². The predicted octanol–water partition coefficient (Wildman–Crippen LogP) is 3.92. The number of halogens is 1. The third-order valence-corrected chi connectivity index (χ3v) is 3.29. The molecule has 0 bridgehead atoms. The minimum absolute atomic E-state index is 0.260. The van der Waals surface area contributed by atoms with Gasteiger partial charge in [-0.05, 0) is 36.3 Å². The van der Waals surface area contributed by atoms with Crippen LogP contribution in [0, 0.1) is 6.92 Å². The maximum Gasteiger partial charge on any atom is 0.264 e. The van der Waals surface area contributed by atoms with Gasteiger partial charge >= 0.3 is 0 Å². The molecule has 1 amide bonds. The molecule has 0 radical (unpaired) electrons. The monoisotopic (exact) mass is 342 g/mol. The molecule has 106 valence electrons. The lowest BCUT2D eigenvalue weighted by molar-refractivity contribution is -0.116. The number of carbonyl (C=O) groups is 1. The fourth-order valence-electron chi connectivity index (χ4n) is 1.61. The second-order valence-electron chi connectivity index (χ2n) is 4.53. The average Bonchev–Trinajstić information content (AvgIpc) is 2.49. The van der Waals surface area contributed by atoms with Gasteiger partial charge in [-0.15, -0.1) is 0 Å². The summed E-state index contributed by atoms with van der Waals surface area (Å²) in [6, 6.07) is 15.6. The summed E-state index contributed by atoms with van der Waals surface area (Å²) in [5, 5.41) is 3.91. The van der Waals surface area contributed by atoms with Gasteiger partial charge in [0.2, 0.25) is 0 Å². The fourth-order valence-corrected chi connectivity index (χ4v) is 1.87. The Morgan fingerprint density at radius 2 is 1.67 bits per heavy atom. The lowest BCUT2D eigenvalue weighted by Gasteiger charge is -1.96.